The number of carbonyl (C=O) groups is 4. The van der Waals surface area contributed by atoms with Gasteiger partial charge in [-0.25, -0.2) is 9.13 Å². The van der Waals surface area contributed by atoms with Crippen molar-refractivity contribution in [3.05, 3.63) is 0 Å². The Morgan fingerprint density at radius 2 is 0.500 bits per heavy atom. The zero-order valence-corrected chi connectivity index (χ0v) is 68.7. The van der Waals surface area contributed by atoms with E-state index < -0.39 is 97.5 Å². The van der Waals surface area contributed by atoms with Gasteiger partial charge in [0.25, 0.3) is 0 Å². The number of esters is 4. The van der Waals surface area contributed by atoms with Crippen LogP contribution >= 0.6 is 15.6 Å². The highest BCUT2D eigenvalue weighted by Crippen LogP contribution is 2.45. The van der Waals surface area contributed by atoms with E-state index in [9.17, 15) is 43.2 Å². The van der Waals surface area contributed by atoms with Gasteiger partial charge in [0.05, 0.1) is 26.4 Å². The third-order valence-corrected chi connectivity index (χ3v) is 21.7. The molecule has 0 amide bonds. The maximum Gasteiger partial charge on any atom is 0.472 e. The fourth-order valence-corrected chi connectivity index (χ4v) is 14.4. The third kappa shape index (κ3) is 74.9. The molecule has 3 N–H and O–H groups in total. The van der Waals surface area contributed by atoms with Crippen LogP contribution in [0, 0.1) is 11.8 Å². The van der Waals surface area contributed by atoms with Crippen molar-refractivity contribution in [2.45, 2.75) is 458 Å². The van der Waals surface area contributed by atoms with Crippen molar-refractivity contribution in [3.63, 3.8) is 0 Å². The molecule has 17 nitrogen and oxygen atoms in total. The van der Waals surface area contributed by atoms with Crippen LogP contribution in [0.3, 0.4) is 0 Å². The Kier molecular flexibility index (Phi) is 73.1. The van der Waals surface area contributed by atoms with Crippen molar-refractivity contribution in [2.75, 3.05) is 39.6 Å². The number of phosphoric ester groups is 2. The second-order valence-electron chi connectivity index (χ2n) is 30.6. The molecule has 0 saturated heterocycles. The van der Waals surface area contributed by atoms with Gasteiger partial charge in [-0.3, -0.25) is 37.3 Å². The molecule has 0 aromatic heterocycles. The molecule has 102 heavy (non-hydrogen) atoms. The number of aliphatic hydroxyl groups is 1. The predicted molar refractivity (Wildman–Crippen MR) is 418 cm³/mol. The summed E-state index contributed by atoms with van der Waals surface area (Å²) in [6.45, 7) is 9.70. The Labute approximate surface area is 626 Å². The standard InChI is InChI=1S/C83H162O17P2/c1-7-10-12-14-16-18-20-22-23-24-25-26-27-32-36-43-49-55-61-67-82(87)99-78(71-94-81(86)66-60-54-48-42-35-31-29-28-30-33-40-46-52-58-64-76(6)9-3)73-97-101(89,90)95-69-77(84)70-96-102(91,92)98-74-79(72-93-80(85)65-59-53-47-41-34-21-19-17-15-13-11-8-2)100-83(88)68-62-56-50-44-38-37-39-45-51-57-63-75(4)5/h75-79,84H,7-74H2,1-6H3,(H,89,90)(H,91,92)/t76?,77-,78-,79-/m1/s1. The van der Waals surface area contributed by atoms with Crippen LogP contribution in [0.5, 0.6) is 0 Å². The molecule has 3 unspecified atom stereocenters. The van der Waals surface area contributed by atoms with Crippen LogP contribution in [-0.2, 0) is 65.4 Å². The summed E-state index contributed by atoms with van der Waals surface area (Å²) in [7, 11) is -9.92. The largest absolute Gasteiger partial charge is 0.472 e. The van der Waals surface area contributed by atoms with E-state index >= 15 is 0 Å². The Balaban J connectivity index is 5.25. The molecule has 0 radical (unpaired) electrons. The smallest absolute Gasteiger partial charge is 0.462 e. The van der Waals surface area contributed by atoms with Crippen LogP contribution in [0.4, 0.5) is 0 Å². The van der Waals surface area contributed by atoms with Crippen molar-refractivity contribution in [1.82, 2.24) is 0 Å². The first-order valence-corrected chi connectivity index (χ1v) is 46.0. The van der Waals surface area contributed by atoms with Gasteiger partial charge >= 0.3 is 39.5 Å². The molecule has 0 aromatic carbocycles. The summed E-state index contributed by atoms with van der Waals surface area (Å²) in [4.78, 5) is 73.1. The highest BCUT2D eigenvalue weighted by Gasteiger charge is 2.30. The molecular weight excluding hydrogens is 1330 g/mol. The minimum Gasteiger partial charge on any atom is -0.462 e. The van der Waals surface area contributed by atoms with E-state index in [-0.39, 0.29) is 25.7 Å². The highest BCUT2D eigenvalue weighted by atomic mass is 31.2. The van der Waals surface area contributed by atoms with E-state index in [2.05, 4.69) is 41.5 Å². The van der Waals surface area contributed by atoms with Crippen LogP contribution in [0.2, 0.25) is 0 Å². The molecule has 0 aromatic rings. The summed E-state index contributed by atoms with van der Waals surface area (Å²) < 4.78 is 68.8. The lowest BCUT2D eigenvalue weighted by Crippen LogP contribution is -2.30. The van der Waals surface area contributed by atoms with E-state index in [4.69, 9.17) is 37.0 Å². The molecule has 0 aliphatic heterocycles. The SMILES string of the molecule is CCCCCCCCCCCCCCCCCCCCCC(=O)O[C@H](COC(=O)CCCCCCCCCCCCCCCCC(C)CC)COP(=O)(O)OC[C@@H](O)COP(=O)(O)OC[C@@H](COC(=O)CCCCCCCCCCCCCC)OC(=O)CCCCCCCCCCCCC(C)C. The highest BCUT2D eigenvalue weighted by molar-refractivity contribution is 7.47. The summed E-state index contributed by atoms with van der Waals surface area (Å²) in [6, 6.07) is 0. The summed E-state index contributed by atoms with van der Waals surface area (Å²) in [5.74, 6) is -0.503. The maximum atomic E-state index is 13.1. The van der Waals surface area contributed by atoms with E-state index in [1.807, 2.05) is 0 Å². The Bertz CT molecular complexity index is 1960. The van der Waals surface area contributed by atoms with Gasteiger partial charge in [-0.1, -0.05) is 388 Å². The first-order chi connectivity index (χ1) is 49.4. The Morgan fingerprint density at radius 1 is 0.284 bits per heavy atom. The normalized spacial score (nSPS) is 14.1. The van der Waals surface area contributed by atoms with Crippen LogP contribution in [-0.4, -0.2) is 96.7 Å². The molecule has 0 aliphatic rings. The van der Waals surface area contributed by atoms with E-state index in [0.29, 0.717) is 25.7 Å². The number of phosphoric acid groups is 2. The van der Waals surface area contributed by atoms with Crippen molar-refractivity contribution in [2.24, 2.45) is 11.8 Å². The number of rotatable bonds is 82. The molecule has 0 rings (SSSR count). The molecule has 606 valence electrons. The van der Waals surface area contributed by atoms with Gasteiger partial charge in [-0.05, 0) is 37.5 Å². The van der Waals surface area contributed by atoms with Crippen molar-refractivity contribution < 1.29 is 80.2 Å². The zero-order valence-electron chi connectivity index (χ0n) is 66.9. The monoisotopic (exact) mass is 1490 g/mol. The van der Waals surface area contributed by atoms with Crippen molar-refractivity contribution in [3.8, 4) is 0 Å². The Morgan fingerprint density at radius 3 is 0.745 bits per heavy atom. The second-order valence-corrected chi connectivity index (χ2v) is 33.5. The van der Waals surface area contributed by atoms with Crippen LogP contribution in [0.25, 0.3) is 0 Å². The molecule has 0 aliphatic carbocycles. The number of hydrogen-bond donors (Lipinski definition) is 3. The minimum atomic E-state index is -4.96. The van der Waals surface area contributed by atoms with Gasteiger partial charge in [0.2, 0.25) is 0 Å². The van der Waals surface area contributed by atoms with Gasteiger partial charge in [0.15, 0.2) is 12.2 Å². The predicted octanol–water partition coefficient (Wildman–Crippen LogP) is 25.1. The molecule has 0 heterocycles. The summed E-state index contributed by atoms with van der Waals surface area (Å²) in [5, 5.41) is 10.7. The quantitative estimate of drug-likeness (QED) is 0.0222. The van der Waals surface area contributed by atoms with Gasteiger partial charge in [-0.2, -0.15) is 0 Å². The minimum absolute atomic E-state index is 0.107. The molecule has 0 saturated carbocycles. The lowest BCUT2D eigenvalue weighted by atomic mass is 9.99. The average Bonchev–Trinajstić information content (AvgIpc) is 0.925. The second kappa shape index (κ2) is 74.5. The van der Waals surface area contributed by atoms with Gasteiger partial charge in [0.1, 0.15) is 19.3 Å². The maximum absolute atomic E-state index is 13.1. The lowest BCUT2D eigenvalue weighted by Gasteiger charge is -2.21. The number of aliphatic hydroxyl groups excluding tert-OH is 1. The zero-order chi connectivity index (χ0) is 74.9. The first-order valence-electron chi connectivity index (χ1n) is 43.0. The van der Waals surface area contributed by atoms with Gasteiger partial charge < -0.3 is 33.8 Å². The van der Waals surface area contributed by atoms with Crippen LogP contribution in [0.15, 0.2) is 0 Å². The summed E-state index contributed by atoms with van der Waals surface area (Å²) >= 11 is 0. The topological polar surface area (TPSA) is 237 Å². The molecule has 6 atom stereocenters. The first kappa shape index (κ1) is 100. The van der Waals surface area contributed by atoms with E-state index in [1.54, 1.807) is 0 Å². The number of ether oxygens (including phenoxy) is 4. The van der Waals surface area contributed by atoms with Crippen LogP contribution in [0.1, 0.15) is 440 Å². The fourth-order valence-electron chi connectivity index (χ4n) is 12.9. The average molecular weight is 1490 g/mol. The summed E-state index contributed by atoms with van der Waals surface area (Å²) in [5.41, 5.74) is 0. The van der Waals surface area contributed by atoms with Gasteiger partial charge in [0, 0.05) is 25.7 Å². The molecule has 19 heteroatoms. The number of hydrogen-bond acceptors (Lipinski definition) is 15. The number of unbranched alkanes of at least 4 members (excludes halogenated alkanes) is 51. The fraction of sp³-hybridized carbons (Fsp3) is 0.952. The Hall–Kier alpha value is -1.94. The molecule has 0 fully saturated rings. The van der Waals surface area contributed by atoms with Gasteiger partial charge in [-0.15, -0.1) is 0 Å². The molecular formula is C83H162O17P2. The molecule has 0 spiro atoms. The summed E-state index contributed by atoms with van der Waals surface area (Å²) in [6.07, 6.45) is 65.1. The van der Waals surface area contributed by atoms with Crippen molar-refractivity contribution >= 4 is 39.5 Å². The third-order valence-electron chi connectivity index (χ3n) is 19.8. The molecule has 0 bridgehead atoms. The van der Waals surface area contributed by atoms with E-state index in [1.165, 1.54) is 257 Å². The van der Waals surface area contributed by atoms with Crippen molar-refractivity contribution in [1.29, 1.82) is 0 Å². The van der Waals surface area contributed by atoms with Crippen LogP contribution < -0.4 is 0 Å². The van der Waals surface area contributed by atoms with E-state index in [0.717, 1.165) is 102 Å². The lowest BCUT2D eigenvalue weighted by molar-refractivity contribution is -0.161. The number of carbonyl (C=O) groups excluding carboxylic acids is 4.